The Morgan fingerprint density at radius 3 is 3.14 bits per heavy atom. The van der Waals surface area contributed by atoms with Crippen molar-refractivity contribution < 1.29 is 9.21 Å². The van der Waals surface area contributed by atoms with Crippen LogP contribution in [0.15, 0.2) is 35.3 Å². The van der Waals surface area contributed by atoms with E-state index in [1.54, 1.807) is 0 Å². The van der Waals surface area contributed by atoms with E-state index < -0.39 is 0 Å². The fourth-order valence-corrected chi connectivity index (χ4v) is 2.18. The number of hydrogen-bond acceptors (Lipinski definition) is 4. The number of amides is 1. The molecule has 6 heteroatoms. The van der Waals surface area contributed by atoms with Gasteiger partial charge in [0.05, 0.1) is 12.2 Å². The van der Waals surface area contributed by atoms with Gasteiger partial charge in [0.15, 0.2) is 12.1 Å². The number of rotatable bonds is 4. The largest absolute Gasteiger partial charge is 0.448 e. The van der Waals surface area contributed by atoms with Crippen LogP contribution < -0.4 is 5.32 Å². The lowest BCUT2D eigenvalue weighted by molar-refractivity contribution is 0.0944. The first-order valence-corrected chi connectivity index (χ1v) is 6.82. The normalized spacial score (nSPS) is 11.0. The summed E-state index contributed by atoms with van der Waals surface area (Å²) < 4.78 is 7.09. The Bertz CT molecular complexity index is 788. The lowest BCUT2D eigenvalue weighted by Gasteiger charge is -2.01. The van der Waals surface area contributed by atoms with Gasteiger partial charge in [-0.15, -0.1) is 0 Å². The number of nitrogens with zero attached hydrogens (tertiary/aromatic N) is 3. The van der Waals surface area contributed by atoms with Gasteiger partial charge in [-0.2, -0.15) is 0 Å². The number of oxazole rings is 1. The van der Waals surface area contributed by atoms with Crippen molar-refractivity contribution in [2.75, 3.05) is 0 Å². The summed E-state index contributed by atoms with van der Waals surface area (Å²) in [5, 5.41) is 2.81. The van der Waals surface area contributed by atoms with Crippen molar-refractivity contribution in [1.29, 1.82) is 0 Å². The van der Waals surface area contributed by atoms with Crippen molar-refractivity contribution in [3.05, 3.63) is 53.6 Å². The summed E-state index contributed by atoms with van der Waals surface area (Å²) >= 11 is 0. The van der Waals surface area contributed by atoms with Gasteiger partial charge < -0.3 is 14.1 Å². The van der Waals surface area contributed by atoms with Crippen molar-refractivity contribution in [3.63, 3.8) is 0 Å². The molecule has 21 heavy (non-hydrogen) atoms. The van der Waals surface area contributed by atoms with Crippen LogP contribution in [-0.4, -0.2) is 20.3 Å². The van der Waals surface area contributed by atoms with Gasteiger partial charge in [0.1, 0.15) is 11.4 Å². The summed E-state index contributed by atoms with van der Waals surface area (Å²) in [7, 11) is 0. The highest BCUT2D eigenvalue weighted by Gasteiger charge is 2.15. The molecule has 3 aromatic heterocycles. The summed E-state index contributed by atoms with van der Waals surface area (Å²) in [5.74, 6) is 0.354. The summed E-state index contributed by atoms with van der Waals surface area (Å²) in [5.41, 5.74) is 3.17. The zero-order valence-corrected chi connectivity index (χ0v) is 12.0. The lowest BCUT2D eigenvalue weighted by atomic mass is 10.2. The first kappa shape index (κ1) is 13.4. The Hall–Kier alpha value is -2.63. The van der Waals surface area contributed by atoms with Gasteiger partial charge in [0.2, 0.25) is 0 Å². The number of imidazole rings is 1. The molecule has 3 rings (SSSR count). The van der Waals surface area contributed by atoms with E-state index in [-0.39, 0.29) is 5.91 Å². The molecule has 0 aromatic carbocycles. The standard InChI is InChI=1S/C15H16N4O2/c1-3-12-14(17-9-21-12)15(20)16-7-11-8-19-5-4-10(2)6-13(19)18-11/h4-6,8-9H,3,7H2,1-2H3,(H,16,20). The molecule has 1 N–H and O–H groups in total. The fraction of sp³-hybridized carbons (Fsp3) is 0.267. The second-order valence-electron chi connectivity index (χ2n) is 4.86. The summed E-state index contributed by atoms with van der Waals surface area (Å²) in [6.45, 7) is 4.30. The van der Waals surface area contributed by atoms with Gasteiger partial charge >= 0.3 is 0 Å². The van der Waals surface area contributed by atoms with E-state index in [0.29, 0.717) is 24.4 Å². The molecular formula is C15H16N4O2. The highest BCUT2D eigenvalue weighted by molar-refractivity contribution is 5.93. The van der Waals surface area contributed by atoms with Gasteiger partial charge in [-0.3, -0.25) is 4.79 Å². The van der Waals surface area contributed by atoms with E-state index in [9.17, 15) is 4.79 Å². The number of pyridine rings is 1. The predicted octanol–water partition coefficient (Wildman–Crippen LogP) is 2.12. The van der Waals surface area contributed by atoms with E-state index in [2.05, 4.69) is 15.3 Å². The van der Waals surface area contributed by atoms with E-state index >= 15 is 0 Å². The van der Waals surface area contributed by atoms with Crippen molar-refractivity contribution in [2.24, 2.45) is 0 Å². The molecule has 0 unspecified atom stereocenters. The number of fused-ring (bicyclic) bond motifs is 1. The van der Waals surface area contributed by atoms with Crippen LogP contribution in [0, 0.1) is 6.92 Å². The van der Waals surface area contributed by atoms with Gasteiger partial charge in [0.25, 0.3) is 5.91 Å². The molecule has 0 saturated carbocycles. The van der Waals surface area contributed by atoms with Crippen molar-refractivity contribution in [3.8, 4) is 0 Å². The van der Waals surface area contributed by atoms with Crippen molar-refractivity contribution in [1.82, 2.24) is 19.7 Å². The van der Waals surface area contributed by atoms with Gasteiger partial charge in [-0.25, -0.2) is 9.97 Å². The van der Waals surface area contributed by atoms with Gasteiger partial charge in [-0.05, 0) is 24.6 Å². The maximum Gasteiger partial charge on any atom is 0.273 e. The molecule has 3 heterocycles. The van der Waals surface area contributed by atoms with E-state index in [0.717, 1.165) is 16.9 Å². The van der Waals surface area contributed by atoms with Crippen LogP contribution in [-0.2, 0) is 13.0 Å². The third-order valence-electron chi connectivity index (χ3n) is 3.27. The quantitative estimate of drug-likeness (QED) is 0.796. The minimum Gasteiger partial charge on any atom is -0.448 e. The summed E-state index contributed by atoms with van der Waals surface area (Å²) in [6, 6.07) is 4.01. The molecule has 3 aromatic rings. The first-order chi connectivity index (χ1) is 10.2. The van der Waals surface area contributed by atoms with Crippen LogP contribution in [0.4, 0.5) is 0 Å². The monoisotopic (exact) mass is 284 g/mol. The van der Waals surface area contributed by atoms with Crippen LogP contribution in [0.2, 0.25) is 0 Å². The van der Waals surface area contributed by atoms with Crippen molar-refractivity contribution in [2.45, 2.75) is 26.8 Å². The molecule has 108 valence electrons. The Morgan fingerprint density at radius 1 is 1.48 bits per heavy atom. The molecular weight excluding hydrogens is 268 g/mol. The Kier molecular flexibility index (Phi) is 3.43. The van der Waals surface area contributed by atoms with Crippen LogP contribution in [0.1, 0.15) is 34.4 Å². The summed E-state index contributed by atoms with van der Waals surface area (Å²) in [6.07, 6.45) is 5.78. The second kappa shape index (κ2) is 5.40. The smallest absolute Gasteiger partial charge is 0.273 e. The Labute approximate surface area is 121 Å². The second-order valence-corrected chi connectivity index (χ2v) is 4.86. The molecule has 0 radical (unpaired) electrons. The van der Waals surface area contributed by atoms with Crippen LogP contribution in [0.3, 0.4) is 0 Å². The van der Waals surface area contributed by atoms with E-state index in [1.165, 1.54) is 6.39 Å². The zero-order valence-electron chi connectivity index (χ0n) is 12.0. The SMILES string of the molecule is CCc1ocnc1C(=O)NCc1cn2ccc(C)cc2n1. The molecule has 0 aliphatic carbocycles. The maximum absolute atomic E-state index is 12.1. The first-order valence-electron chi connectivity index (χ1n) is 6.82. The Morgan fingerprint density at radius 2 is 2.33 bits per heavy atom. The molecule has 0 atom stereocenters. The molecule has 0 spiro atoms. The molecule has 0 aliphatic rings. The highest BCUT2D eigenvalue weighted by Crippen LogP contribution is 2.09. The molecule has 0 bridgehead atoms. The minimum atomic E-state index is -0.242. The summed E-state index contributed by atoms with van der Waals surface area (Å²) in [4.78, 5) is 20.5. The van der Waals surface area contributed by atoms with Crippen LogP contribution in [0.25, 0.3) is 5.65 Å². The molecule has 6 nitrogen and oxygen atoms in total. The molecule has 0 fully saturated rings. The number of nitrogens with one attached hydrogen (secondary N) is 1. The minimum absolute atomic E-state index is 0.242. The highest BCUT2D eigenvalue weighted by atomic mass is 16.3. The number of aromatic nitrogens is 3. The third-order valence-corrected chi connectivity index (χ3v) is 3.27. The number of aryl methyl sites for hydroxylation is 2. The topological polar surface area (TPSA) is 72.4 Å². The lowest BCUT2D eigenvalue weighted by Crippen LogP contribution is -2.24. The molecule has 0 aliphatic heterocycles. The zero-order chi connectivity index (χ0) is 14.8. The third kappa shape index (κ3) is 2.65. The number of hydrogen-bond donors (Lipinski definition) is 1. The predicted molar refractivity (Wildman–Crippen MR) is 77.0 cm³/mol. The van der Waals surface area contributed by atoms with Gasteiger partial charge in [-0.1, -0.05) is 6.92 Å². The van der Waals surface area contributed by atoms with Crippen LogP contribution >= 0.6 is 0 Å². The fourth-order valence-electron chi connectivity index (χ4n) is 2.18. The average molecular weight is 284 g/mol. The maximum atomic E-state index is 12.1. The van der Waals surface area contributed by atoms with E-state index in [1.807, 2.05) is 42.8 Å². The Balaban J connectivity index is 1.73. The molecule has 0 saturated heterocycles. The average Bonchev–Trinajstić information content (AvgIpc) is 3.10. The van der Waals surface area contributed by atoms with Crippen LogP contribution in [0.5, 0.6) is 0 Å². The van der Waals surface area contributed by atoms with E-state index in [4.69, 9.17) is 4.42 Å². The van der Waals surface area contributed by atoms with Crippen molar-refractivity contribution >= 4 is 11.6 Å². The van der Waals surface area contributed by atoms with Gasteiger partial charge in [0, 0.05) is 18.8 Å². The molecule has 1 amide bonds. The number of carbonyl (C=O) groups excluding carboxylic acids is 1. The number of carbonyl (C=O) groups is 1.